The number of guanidine groups is 1. The van der Waals surface area contributed by atoms with Crippen LogP contribution in [0.25, 0.3) is 0 Å². The number of nitrogens with zero attached hydrogens (tertiary/aromatic N) is 2. The first-order valence-corrected chi connectivity index (χ1v) is 12.5. The van der Waals surface area contributed by atoms with E-state index in [-0.39, 0.29) is 24.0 Å². The first kappa shape index (κ1) is 25.4. The van der Waals surface area contributed by atoms with Crippen molar-refractivity contribution in [1.82, 2.24) is 15.6 Å². The predicted molar refractivity (Wildman–Crippen MR) is 135 cm³/mol. The van der Waals surface area contributed by atoms with Crippen molar-refractivity contribution >= 4 is 40.7 Å². The summed E-state index contributed by atoms with van der Waals surface area (Å²) in [6, 6.07) is 4.36. The minimum atomic E-state index is -0.710. The third kappa shape index (κ3) is 7.98. The van der Waals surface area contributed by atoms with E-state index >= 15 is 0 Å². The molecule has 3 atom stereocenters. The molecular formula is C22H37IN4O2S. The molecule has 30 heavy (non-hydrogen) atoms. The van der Waals surface area contributed by atoms with Crippen molar-refractivity contribution in [3.63, 3.8) is 0 Å². The number of nitrogens with one attached hydrogen (secondary N) is 2. The molecule has 2 aliphatic rings. The van der Waals surface area contributed by atoms with Crippen molar-refractivity contribution in [3.05, 3.63) is 23.9 Å². The Balaban J connectivity index is 0.00000320. The van der Waals surface area contributed by atoms with Crippen molar-refractivity contribution in [2.24, 2.45) is 4.99 Å². The third-order valence-corrected chi connectivity index (χ3v) is 7.68. The molecule has 0 bridgehead atoms. The predicted octanol–water partition coefficient (Wildman–Crippen LogP) is 4.16. The van der Waals surface area contributed by atoms with Crippen LogP contribution in [0.15, 0.2) is 23.3 Å². The average Bonchev–Trinajstić information content (AvgIpc) is 2.78. The van der Waals surface area contributed by atoms with Crippen LogP contribution in [0.1, 0.15) is 70.3 Å². The molecule has 8 heteroatoms. The molecule has 3 unspecified atom stereocenters. The van der Waals surface area contributed by atoms with Gasteiger partial charge in [-0.25, -0.2) is 4.98 Å². The molecule has 170 valence electrons. The zero-order valence-corrected chi connectivity index (χ0v) is 21.4. The van der Waals surface area contributed by atoms with E-state index in [1.54, 1.807) is 7.05 Å². The number of hydrogen-bond acceptors (Lipinski definition) is 4. The minimum Gasteiger partial charge on any atom is -0.474 e. The maximum Gasteiger partial charge on any atom is 0.213 e. The maximum absolute atomic E-state index is 12.2. The van der Waals surface area contributed by atoms with Gasteiger partial charge in [-0.15, -0.1) is 24.0 Å². The molecule has 1 aromatic rings. The Kier molecular flexibility index (Phi) is 11.4. The second-order valence-electron chi connectivity index (χ2n) is 8.11. The van der Waals surface area contributed by atoms with Crippen molar-refractivity contribution in [3.8, 4) is 5.88 Å². The molecule has 1 aromatic heterocycles. The van der Waals surface area contributed by atoms with Crippen LogP contribution in [0.4, 0.5) is 0 Å². The average molecular weight is 549 g/mol. The molecule has 2 saturated carbocycles. The fraction of sp³-hybridized carbons (Fsp3) is 0.727. The monoisotopic (exact) mass is 548 g/mol. The second-order valence-corrected chi connectivity index (χ2v) is 10.1. The summed E-state index contributed by atoms with van der Waals surface area (Å²) in [6.45, 7) is 2.67. The lowest BCUT2D eigenvalue weighted by atomic mass is 9.95. The molecule has 3 rings (SSSR count). The van der Waals surface area contributed by atoms with E-state index in [0.29, 0.717) is 23.9 Å². The maximum atomic E-state index is 12.2. The lowest BCUT2D eigenvalue weighted by Crippen LogP contribution is -2.46. The van der Waals surface area contributed by atoms with Gasteiger partial charge in [-0.05, 0) is 50.5 Å². The Morgan fingerprint density at radius 3 is 2.67 bits per heavy atom. The molecule has 0 amide bonds. The Labute approximate surface area is 200 Å². The highest BCUT2D eigenvalue weighted by molar-refractivity contribution is 14.0. The summed E-state index contributed by atoms with van der Waals surface area (Å²) in [4.78, 5) is 8.83. The number of aliphatic imine (C=N–C) groups is 1. The molecule has 0 aliphatic heterocycles. The highest BCUT2D eigenvalue weighted by atomic mass is 127. The van der Waals surface area contributed by atoms with Gasteiger partial charge in [0, 0.05) is 53.7 Å². The van der Waals surface area contributed by atoms with Gasteiger partial charge in [-0.3, -0.25) is 9.20 Å². The summed E-state index contributed by atoms with van der Waals surface area (Å²) in [7, 11) is 1.08. The fourth-order valence-corrected chi connectivity index (χ4v) is 5.61. The molecule has 6 nitrogen and oxygen atoms in total. The Hall–Kier alpha value is -0.900. The number of halogens is 1. The smallest absolute Gasteiger partial charge is 0.213 e. The van der Waals surface area contributed by atoms with Crippen molar-refractivity contribution < 1.29 is 8.95 Å². The molecule has 0 saturated heterocycles. The van der Waals surface area contributed by atoms with Crippen LogP contribution in [-0.2, 0) is 17.3 Å². The van der Waals surface area contributed by atoms with Crippen molar-refractivity contribution in [2.75, 3.05) is 12.8 Å². The van der Waals surface area contributed by atoms with Gasteiger partial charge in [-0.1, -0.05) is 25.8 Å². The first-order valence-electron chi connectivity index (χ1n) is 11.1. The normalized spacial score (nSPS) is 23.9. The van der Waals surface area contributed by atoms with Gasteiger partial charge in [-0.2, -0.15) is 0 Å². The number of aromatic nitrogens is 1. The van der Waals surface area contributed by atoms with Crippen LogP contribution >= 0.6 is 24.0 Å². The SMILES string of the molecule is CCS(=O)C1CCCC(NC(=NC)NCc2ccc(OC3CCCCC3)nc2)C1.I. The molecule has 0 aromatic carbocycles. The summed E-state index contributed by atoms with van der Waals surface area (Å²) in [5, 5.41) is 7.19. The van der Waals surface area contributed by atoms with Gasteiger partial charge in [0.15, 0.2) is 5.96 Å². The van der Waals surface area contributed by atoms with E-state index in [4.69, 9.17) is 4.74 Å². The van der Waals surface area contributed by atoms with Crippen molar-refractivity contribution in [2.45, 2.75) is 88.7 Å². The fourth-order valence-electron chi connectivity index (χ4n) is 4.26. The largest absolute Gasteiger partial charge is 0.474 e. The minimum absolute atomic E-state index is 0. The molecule has 2 fully saturated rings. The molecule has 2 aliphatic carbocycles. The Morgan fingerprint density at radius 2 is 2.00 bits per heavy atom. The van der Waals surface area contributed by atoms with Crippen LogP contribution < -0.4 is 15.4 Å². The highest BCUT2D eigenvalue weighted by Gasteiger charge is 2.26. The van der Waals surface area contributed by atoms with Crippen LogP contribution in [-0.4, -0.2) is 45.3 Å². The van der Waals surface area contributed by atoms with Crippen LogP contribution in [0.5, 0.6) is 5.88 Å². The van der Waals surface area contributed by atoms with E-state index in [1.807, 2.05) is 19.2 Å². The standard InChI is InChI=1S/C22H36N4O2S.HI/c1-3-29(27)20-11-7-8-18(14-20)26-22(23-2)25-16-17-12-13-21(24-15-17)28-19-9-5-4-6-10-19;/h12-13,15,18-20H,3-11,14,16H2,1-2H3,(H2,23,25,26);1H. The summed E-state index contributed by atoms with van der Waals surface area (Å²) < 4.78 is 18.2. The van der Waals surface area contributed by atoms with Gasteiger partial charge in [0.2, 0.25) is 5.88 Å². The summed E-state index contributed by atoms with van der Waals surface area (Å²) in [5.41, 5.74) is 1.09. The molecule has 1 heterocycles. The topological polar surface area (TPSA) is 75.6 Å². The van der Waals surface area contributed by atoms with Crippen LogP contribution in [0.3, 0.4) is 0 Å². The molecule has 0 spiro atoms. The van der Waals surface area contributed by atoms with Gasteiger partial charge in [0.25, 0.3) is 0 Å². The van der Waals surface area contributed by atoms with Gasteiger partial charge in [0.1, 0.15) is 6.10 Å². The van der Waals surface area contributed by atoms with Gasteiger partial charge >= 0.3 is 0 Å². The van der Waals surface area contributed by atoms with E-state index < -0.39 is 10.8 Å². The lowest BCUT2D eigenvalue weighted by molar-refractivity contribution is 0.148. The summed E-state index contributed by atoms with van der Waals surface area (Å²) in [6.07, 6.45) is 12.6. The lowest BCUT2D eigenvalue weighted by Gasteiger charge is -2.30. The Bertz CT molecular complexity index is 680. The molecular weight excluding hydrogens is 511 g/mol. The van der Waals surface area contributed by atoms with Crippen molar-refractivity contribution in [1.29, 1.82) is 0 Å². The van der Waals surface area contributed by atoms with Gasteiger partial charge < -0.3 is 15.4 Å². The first-order chi connectivity index (χ1) is 14.2. The van der Waals surface area contributed by atoms with Gasteiger partial charge in [0.05, 0.1) is 0 Å². The highest BCUT2D eigenvalue weighted by Crippen LogP contribution is 2.23. The second kappa shape index (κ2) is 13.5. The number of ether oxygens (including phenoxy) is 1. The van der Waals surface area contributed by atoms with Crippen LogP contribution in [0.2, 0.25) is 0 Å². The Morgan fingerprint density at radius 1 is 1.20 bits per heavy atom. The van der Waals surface area contributed by atoms with E-state index in [1.165, 1.54) is 19.3 Å². The summed E-state index contributed by atoms with van der Waals surface area (Å²) >= 11 is 0. The number of hydrogen-bond donors (Lipinski definition) is 2. The molecule has 2 N–H and O–H groups in total. The number of rotatable bonds is 7. The quantitative estimate of drug-likeness (QED) is 0.304. The van der Waals surface area contributed by atoms with E-state index in [0.717, 1.165) is 61.7 Å². The number of pyridine rings is 1. The summed E-state index contributed by atoms with van der Waals surface area (Å²) in [5.74, 6) is 2.26. The van der Waals surface area contributed by atoms with E-state index in [2.05, 4.69) is 26.7 Å². The third-order valence-electron chi connectivity index (χ3n) is 5.94. The van der Waals surface area contributed by atoms with Crippen LogP contribution in [0, 0.1) is 0 Å². The molecule has 0 radical (unpaired) electrons. The van der Waals surface area contributed by atoms with E-state index in [9.17, 15) is 4.21 Å². The zero-order chi connectivity index (χ0) is 20.5. The zero-order valence-electron chi connectivity index (χ0n) is 18.3.